The normalized spacial score (nSPS) is 27.7. The van der Waals surface area contributed by atoms with E-state index in [2.05, 4.69) is 5.32 Å². The van der Waals surface area contributed by atoms with Crippen LogP contribution in [0.5, 0.6) is 0 Å². The van der Waals surface area contributed by atoms with E-state index in [-0.39, 0.29) is 19.4 Å². The van der Waals surface area contributed by atoms with Gasteiger partial charge in [-0.15, -0.1) is 0 Å². The fraction of sp³-hybridized carbons (Fsp3) is 0.650. The molecular weight excluding hydrogens is 340 g/mol. The van der Waals surface area contributed by atoms with Gasteiger partial charge in [-0.05, 0) is 50.3 Å². The van der Waals surface area contributed by atoms with Gasteiger partial charge in [0.2, 0.25) is 5.92 Å². The lowest BCUT2D eigenvalue weighted by atomic mass is 9.80. The average Bonchev–Trinajstić information content (AvgIpc) is 3.03. The van der Waals surface area contributed by atoms with E-state index >= 15 is 0 Å². The Hall–Kier alpha value is -1.53. The van der Waals surface area contributed by atoms with Crippen LogP contribution in [-0.2, 0) is 15.1 Å². The lowest BCUT2D eigenvalue weighted by Crippen LogP contribution is -2.44. The topological polar surface area (TPSA) is 58.6 Å². The third-order valence-electron chi connectivity index (χ3n) is 5.68. The summed E-state index contributed by atoms with van der Waals surface area (Å²) < 4.78 is 32.8. The molecule has 1 aliphatic heterocycles. The average molecular weight is 367 g/mol. The van der Waals surface area contributed by atoms with Crippen LogP contribution in [0.1, 0.15) is 44.1 Å². The molecule has 0 spiro atoms. The molecule has 3 atom stereocenters. The van der Waals surface area contributed by atoms with E-state index in [1.165, 1.54) is 0 Å². The van der Waals surface area contributed by atoms with E-state index < -0.39 is 29.8 Å². The summed E-state index contributed by atoms with van der Waals surface area (Å²) in [6.07, 6.45) is 2.18. The van der Waals surface area contributed by atoms with Gasteiger partial charge in [-0.1, -0.05) is 30.3 Å². The number of aliphatic hydroxyl groups is 1. The highest BCUT2D eigenvalue weighted by Crippen LogP contribution is 2.47. The number of esters is 1. The van der Waals surface area contributed by atoms with E-state index in [0.29, 0.717) is 17.9 Å². The number of piperidine rings is 1. The lowest BCUT2D eigenvalue weighted by Gasteiger charge is -2.32. The zero-order valence-corrected chi connectivity index (χ0v) is 14.9. The van der Waals surface area contributed by atoms with Gasteiger partial charge in [0.1, 0.15) is 0 Å². The third kappa shape index (κ3) is 4.23. The molecule has 4 nitrogen and oxygen atoms in total. The fourth-order valence-electron chi connectivity index (χ4n) is 4.12. The van der Waals surface area contributed by atoms with Crippen LogP contribution >= 0.6 is 0 Å². The molecule has 144 valence electrons. The number of hydrogen-bond acceptors (Lipinski definition) is 4. The van der Waals surface area contributed by atoms with Crippen molar-refractivity contribution in [3.8, 4) is 0 Å². The quantitative estimate of drug-likeness (QED) is 0.758. The summed E-state index contributed by atoms with van der Waals surface area (Å²) in [6.45, 7) is 2.11. The van der Waals surface area contributed by atoms with Crippen LogP contribution in [-0.4, -0.2) is 36.7 Å². The van der Waals surface area contributed by atoms with Gasteiger partial charge < -0.3 is 15.2 Å². The molecule has 2 aliphatic rings. The van der Waals surface area contributed by atoms with Gasteiger partial charge in [-0.3, -0.25) is 0 Å². The first-order valence-corrected chi connectivity index (χ1v) is 9.45. The van der Waals surface area contributed by atoms with Gasteiger partial charge in [0.25, 0.3) is 0 Å². The first kappa shape index (κ1) is 19.2. The number of hydrogen-bond donors (Lipinski definition) is 2. The minimum absolute atomic E-state index is 0.0973. The maximum atomic E-state index is 13.7. The number of alkyl halides is 2. The highest BCUT2D eigenvalue weighted by atomic mass is 19.3. The molecule has 1 saturated heterocycles. The van der Waals surface area contributed by atoms with Crippen molar-refractivity contribution in [2.75, 3.05) is 19.7 Å². The minimum atomic E-state index is -2.85. The van der Waals surface area contributed by atoms with Gasteiger partial charge >= 0.3 is 5.97 Å². The summed E-state index contributed by atoms with van der Waals surface area (Å²) in [7, 11) is 0. The van der Waals surface area contributed by atoms with Gasteiger partial charge in [0.15, 0.2) is 5.60 Å². The molecule has 0 aromatic heterocycles. The molecule has 1 heterocycles. The first-order chi connectivity index (χ1) is 12.4. The van der Waals surface area contributed by atoms with E-state index in [1.807, 2.05) is 0 Å². The Balaban J connectivity index is 1.69. The number of ether oxygens (including phenoxy) is 1. The van der Waals surface area contributed by atoms with E-state index in [1.54, 1.807) is 30.3 Å². The Morgan fingerprint density at radius 3 is 2.69 bits per heavy atom. The molecule has 0 radical (unpaired) electrons. The molecule has 1 aromatic rings. The standard InChI is InChI=1S/C20H27F2NO3/c21-19(22)10-8-17(13-19)20(25,16-6-2-1-3-7-16)18(24)26-12-9-15-5-4-11-23-14-15/h1-3,6-7,15,17,23,25H,4-5,8-14H2. The molecule has 1 saturated carbocycles. The fourth-order valence-corrected chi connectivity index (χ4v) is 4.12. The maximum absolute atomic E-state index is 13.7. The number of carbonyl (C=O) groups excluding carboxylic acids is 1. The summed E-state index contributed by atoms with van der Waals surface area (Å²) in [4.78, 5) is 12.8. The number of rotatable bonds is 6. The van der Waals surface area contributed by atoms with Crippen LogP contribution in [0.4, 0.5) is 8.78 Å². The van der Waals surface area contributed by atoms with E-state index in [9.17, 15) is 18.7 Å². The SMILES string of the molecule is O=C(OCCC1CCCNC1)C(O)(c1ccccc1)C1CCC(F)(F)C1. The second-order valence-electron chi connectivity index (χ2n) is 7.57. The first-order valence-electron chi connectivity index (χ1n) is 9.45. The van der Waals surface area contributed by atoms with Crippen LogP contribution in [0.25, 0.3) is 0 Å². The smallest absolute Gasteiger partial charge is 0.343 e. The number of benzene rings is 1. The Labute approximate surface area is 152 Å². The summed E-state index contributed by atoms with van der Waals surface area (Å²) in [5.41, 5.74) is -1.70. The van der Waals surface area contributed by atoms with Crippen LogP contribution in [0.15, 0.2) is 30.3 Å². The van der Waals surface area contributed by atoms with E-state index in [4.69, 9.17) is 4.74 Å². The molecule has 6 heteroatoms. The third-order valence-corrected chi connectivity index (χ3v) is 5.68. The molecular formula is C20H27F2NO3. The summed E-state index contributed by atoms with van der Waals surface area (Å²) in [6, 6.07) is 8.34. The monoisotopic (exact) mass is 367 g/mol. The van der Waals surface area contributed by atoms with Crippen molar-refractivity contribution in [3.05, 3.63) is 35.9 Å². The second kappa shape index (κ2) is 8.01. The van der Waals surface area contributed by atoms with Gasteiger partial charge in [0, 0.05) is 18.8 Å². The van der Waals surface area contributed by atoms with Crippen molar-refractivity contribution >= 4 is 5.97 Å². The van der Waals surface area contributed by atoms with Crippen LogP contribution in [0.3, 0.4) is 0 Å². The lowest BCUT2D eigenvalue weighted by molar-refractivity contribution is -0.175. The molecule has 1 aromatic carbocycles. The number of carbonyl (C=O) groups is 1. The van der Waals surface area contributed by atoms with Crippen molar-refractivity contribution in [3.63, 3.8) is 0 Å². The Morgan fingerprint density at radius 1 is 1.31 bits per heavy atom. The predicted octanol–water partition coefficient (Wildman–Crippen LogP) is 3.24. The molecule has 0 amide bonds. The van der Waals surface area contributed by atoms with Gasteiger partial charge in [-0.25, -0.2) is 13.6 Å². The number of halogens is 2. The molecule has 1 aliphatic carbocycles. The summed E-state index contributed by atoms with van der Waals surface area (Å²) in [5.74, 6) is -4.06. The van der Waals surface area contributed by atoms with Crippen molar-refractivity contribution in [2.45, 2.75) is 50.0 Å². The van der Waals surface area contributed by atoms with Crippen LogP contribution in [0, 0.1) is 11.8 Å². The van der Waals surface area contributed by atoms with E-state index in [0.717, 1.165) is 25.9 Å². The van der Waals surface area contributed by atoms with Crippen molar-refractivity contribution in [2.24, 2.45) is 11.8 Å². The highest BCUT2D eigenvalue weighted by Gasteiger charge is 2.54. The summed E-state index contributed by atoms with van der Waals surface area (Å²) in [5, 5.41) is 14.5. The van der Waals surface area contributed by atoms with Gasteiger partial charge in [-0.2, -0.15) is 0 Å². The zero-order valence-electron chi connectivity index (χ0n) is 14.9. The molecule has 0 bridgehead atoms. The predicted molar refractivity (Wildman–Crippen MR) is 93.8 cm³/mol. The van der Waals surface area contributed by atoms with Gasteiger partial charge in [0.05, 0.1) is 6.61 Å². The van der Waals surface area contributed by atoms with Crippen molar-refractivity contribution in [1.29, 1.82) is 0 Å². The Kier molecular flexibility index (Phi) is 5.92. The zero-order chi connectivity index (χ0) is 18.6. The van der Waals surface area contributed by atoms with Crippen molar-refractivity contribution in [1.82, 2.24) is 5.32 Å². The van der Waals surface area contributed by atoms with Crippen molar-refractivity contribution < 1.29 is 23.4 Å². The molecule has 2 fully saturated rings. The minimum Gasteiger partial charge on any atom is -0.463 e. The second-order valence-corrected chi connectivity index (χ2v) is 7.57. The maximum Gasteiger partial charge on any atom is 0.343 e. The largest absolute Gasteiger partial charge is 0.463 e. The number of nitrogens with one attached hydrogen (secondary N) is 1. The highest BCUT2D eigenvalue weighted by molar-refractivity contribution is 5.81. The molecule has 3 rings (SSSR count). The van der Waals surface area contributed by atoms with Crippen LogP contribution in [0.2, 0.25) is 0 Å². The van der Waals surface area contributed by atoms with Crippen LogP contribution < -0.4 is 5.32 Å². The Bertz CT molecular complexity index is 604. The Morgan fingerprint density at radius 2 is 2.08 bits per heavy atom. The molecule has 26 heavy (non-hydrogen) atoms. The molecule has 2 N–H and O–H groups in total. The summed E-state index contributed by atoms with van der Waals surface area (Å²) >= 11 is 0. The molecule has 3 unspecified atom stereocenters.